The SMILES string of the molecule is COC(C)(C)CNc1nc(C)cn1C(C)C. The van der Waals surface area contributed by atoms with Gasteiger partial charge >= 0.3 is 0 Å². The Balaban J connectivity index is 2.73. The molecule has 0 spiro atoms. The molecule has 0 bridgehead atoms. The van der Waals surface area contributed by atoms with E-state index in [1.54, 1.807) is 7.11 Å². The van der Waals surface area contributed by atoms with Gasteiger partial charge in [0.2, 0.25) is 5.95 Å². The molecule has 1 aromatic rings. The normalized spacial score (nSPS) is 12.2. The summed E-state index contributed by atoms with van der Waals surface area (Å²) in [7, 11) is 1.72. The van der Waals surface area contributed by atoms with E-state index in [4.69, 9.17) is 4.74 Å². The lowest BCUT2D eigenvalue weighted by atomic mass is 10.1. The number of aromatic nitrogens is 2. The second kappa shape index (κ2) is 4.87. The molecule has 0 saturated heterocycles. The van der Waals surface area contributed by atoms with Crippen LogP contribution >= 0.6 is 0 Å². The van der Waals surface area contributed by atoms with E-state index < -0.39 is 0 Å². The van der Waals surface area contributed by atoms with Crippen molar-refractivity contribution in [1.29, 1.82) is 0 Å². The summed E-state index contributed by atoms with van der Waals surface area (Å²) in [5.74, 6) is 0.914. The largest absolute Gasteiger partial charge is 0.377 e. The van der Waals surface area contributed by atoms with Crippen LogP contribution in [-0.2, 0) is 4.74 Å². The van der Waals surface area contributed by atoms with E-state index in [1.807, 2.05) is 6.92 Å². The van der Waals surface area contributed by atoms with Crippen LogP contribution in [0.1, 0.15) is 39.4 Å². The summed E-state index contributed by atoms with van der Waals surface area (Å²) in [6.45, 7) is 11.1. The zero-order valence-corrected chi connectivity index (χ0v) is 11.2. The first-order chi connectivity index (χ1) is 7.35. The average molecular weight is 225 g/mol. The smallest absolute Gasteiger partial charge is 0.203 e. The average Bonchev–Trinajstić information content (AvgIpc) is 2.57. The molecule has 0 aromatic carbocycles. The van der Waals surface area contributed by atoms with Crippen molar-refractivity contribution >= 4 is 5.95 Å². The Hall–Kier alpha value is -1.03. The van der Waals surface area contributed by atoms with Crippen LogP contribution in [0.15, 0.2) is 6.20 Å². The highest BCUT2D eigenvalue weighted by Gasteiger charge is 2.17. The van der Waals surface area contributed by atoms with Crippen LogP contribution < -0.4 is 5.32 Å². The highest BCUT2D eigenvalue weighted by Crippen LogP contribution is 2.16. The van der Waals surface area contributed by atoms with E-state index in [0.29, 0.717) is 6.04 Å². The molecule has 1 N–H and O–H groups in total. The lowest BCUT2D eigenvalue weighted by molar-refractivity contribution is 0.0342. The van der Waals surface area contributed by atoms with Crippen molar-refractivity contribution in [3.8, 4) is 0 Å². The van der Waals surface area contributed by atoms with Gasteiger partial charge < -0.3 is 14.6 Å². The van der Waals surface area contributed by atoms with Crippen LogP contribution in [0.3, 0.4) is 0 Å². The van der Waals surface area contributed by atoms with Crippen molar-refractivity contribution in [1.82, 2.24) is 9.55 Å². The van der Waals surface area contributed by atoms with E-state index in [0.717, 1.165) is 18.2 Å². The summed E-state index contributed by atoms with van der Waals surface area (Å²) in [6, 6.07) is 0.411. The van der Waals surface area contributed by atoms with Gasteiger partial charge in [0.25, 0.3) is 0 Å². The fourth-order valence-electron chi connectivity index (χ4n) is 1.40. The molecule has 0 atom stereocenters. The summed E-state index contributed by atoms with van der Waals surface area (Å²) >= 11 is 0. The van der Waals surface area contributed by atoms with Gasteiger partial charge in [0.15, 0.2) is 0 Å². The van der Waals surface area contributed by atoms with Gasteiger partial charge in [-0.2, -0.15) is 0 Å². The molecule has 0 fully saturated rings. The third-order valence-corrected chi connectivity index (χ3v) is 2.63. The minimum absolute atomic E-state index is 0.179. The number of hydrogen-bond donors (Lipinski definition) is 1. The van der Waals surface area contributed by atoms with Crippen molar-refractivity contribution in [2.24, 2.45) is 0 Å². The minimum atomic E-state index is -0.179. The quantitative estimate of drug-likeness (QED) is 0.837. The molecule has 4 heteroatoms. The van der Waals surface area contributed by atoms with Crippen molar-refractivity contribution < 1.29 is 4.74 Å². The number of hydrogen-bond acceptors (Lipinski definition) is 3. The molecule has 1 rings (SSSR count). The maximum atomic E-state index is 5.37. The van der Waals surface area contributed by atoms with Crippen LogP contribution in [0, 0.1) is 6.92 Å². The van der Waals surface area contributed by atoms with Gasteiger partial charge in [-0.3, -0.25) is 0 Å². The lowest BCUT2D eigenvalue weighted by Gasteiger charge is -2.24. The van der Waals surface area contributed by atoms with Crippen molar-refractivity contribution in [2.45, 2.75) is 46.3 Å². The van der Waals surface area contributed by atoms with Gasteiger partial charge in [-0.15, -0.1) is 0 Å². The standard InChI is InChI=1S/C12H23N3O/c1-9(2)15-7-10(3)14-11(15)13-8-12(4,5)16-6/h7,9H,8H2,1-6H3,(H,13,14). The molecule has 4 nitrogen and oxygen atoms in total. The number of ether oxygens (including phenoxy) is 1. The summed E-state index contributed by atoms with van der Waals surface area (Å²) in [5, 5.41) is 3.33. The zero-order chi connectivity index (χ0) is 12.3. The first-order valence-corrected chi connectivity index (χ1v) is 5.70. The van der Waals surface area contributed by atoms with Crippen molar-refractivity contribution in [3.05, 3.63) is 11.9 Å². The number of rotatable bonds is 5. The Kier molecular flexibility index (Phi) is 3.97. The van der Waals surface area contributed by atoms with Crippen molar-refractivity contribution in [3.63, 3.8) is 0 Å². The first-order valence-electron chi connectivity index (χ1n) is 5.70. The number of aryl methyl sites for hydroxylation is 1. The Morgan fingerprint density at radius 1 is 1.50 bits per heavy atom. The maximum Gasteiger partial charge on any atom is 0.203 e. The highest BCUT2D eigenvalue weighted by atomic mass is 16.5. The highest BCUT2D eigenvalue weighted by molar-refractivity contribution is 5.30. The van der Waals surface area contributed by atoms with Gasteiger partial charge in [-0.05, 0) is 34.6 Å². The monoisotopic (exact) mass is 225 g/mol. The summed E-state index contributed by atoms with van der Waals surface area (Å²) in [4.78, 5) is 4.47. The summed E-state index contributed by atoms with van der Waals surface area (Å²) in [6.07, 6.45) is 2.06. The zero-order valence-electron chi connectivity index (χ0n) is 11.2. The number of methoxy groups -OCH3 is 1. The van der Waals surface area contributed by atoms with E-state index in [9.17, 15) is 0 Å². The van der Waals surface area contributed by atoms with E-state index in [2.05, 4.69) is 48.8 Å². The van der Waals surface area contributed by atoms with Gasteiger partial charge in [-0.25, -0.2) is 4.98 Å². The van der Waals surface area contributed by atoms with E-state index >= 15 is 0 Å². The van der Waals surface area contributed by atoms with Crippen molar-refractivity contribution in [2.75, 3.05) is 19.0 Å². The topological polar surface area (TPSA) is 39.1 Å². The third kappa shape index (κ3) is 3.23. The predicted molar refractivity (Wildman–Crippen MR) is 66.9 cm³/mol. The number of anilines is 1. The summed E-state index contributed by atoms with van der Waals surface area (Å²) in [5.41, 5.74) is 0.855. The molecule has 0 amide bonds. The molecular formula is C12H23N3O. The lowest BCUT2D eigenvalue weighted by Crippen LogP contribution is -2.32. The molecule has 0 aliphatic carbocycles. The minimum Gasteiger partial charge on any atom is -0.377 e. The van der Waals surface area contributed by atoms with Crippen LogP contribution in [0.5, 0.6) is 0 Å². The molecule has 16 heavy (non-hydrogen) atoms. The van der Waals surface area contributed by atoms with E-state index in [1.165, 1.54) is 0 Å². The Bertz CT molecular complexity index is 342. The molecule has 0 radical (unpaired) electrons. The molecule has 92 valence electrons. The third-order valence-electron chi connectivity index (χ3n) is 2.63. The second-order valence-corrected chi connectivity index (χ2v) is 5.02. The predicted octanol–water partition coefficient (Wildman–Crippen LogP) is 2.61. The Morgan fingerprint density at radius 2 is 2.12 bits per heavy atom. The molecule has 0 saturated carbocycles. The van der Waals surface area contributed by atoms with Gasteiger partial charge in [0.05, 0.1) is 11.3 Å². The number of imidazole rings is 1. The fraction of sp³-hybridized carbons (Fsp3) is 0.750. The van der Waals surface area contributed by atoms with Gasteiger partial charge in [-0.1, -0.05) is 0 Å². The summed E-state index contributed by atoms with van der Waals surface area (Å²) < 4.78 is 7.51. The molecule has 1 heterocycles. The molecule has 0 aliphatic rings. The molecular weight excluding hydrogens is 202 g/mol. The van der Waals surface area contributed by atoms with Crippen LogP contribution in [0.25, 0.3) is 0 Å². The maximum absolute atomic E-state index is 5.37. The second-order valence-electron chi connectivity index (χ2n) is 5.02. The first kappa shape index (κ1) is 13.0. The van der Waals surface area contributed by atoms with Crippen LogP contribution in [-0.4, -0.2) is 28.8 Å². The molecule has 0 aliphatic heterocycles. The number of nitrogens with zero attached hydrogens (tertiary/aromatic N) is 2. The molecule has 1 aromatic heterocycles. The van der Waals surface area contributed by atoms with Gasteiger partial charge in [0.1, 0.15) is 0 Å². The number of nitrogens with one attached hydrogen (secondary N) is 1. The fourth-order valence-corrected chi connectivity index (χ4v) is 1.40. The van der Waals surface area contributed by atoms with Gasteiger partial charge in [0, 0.05) is 25.9 Å². The van der Waals surface area contributed by atoms with Crippen LogP contribution in [0.2, 0.25) is 0 Å². The van der Waals surface area contributed by atoms with E-state index in [-0.39, 0.29) is 5.60 Å². The Labute approximate surface area is 98.0 Å². The van der Waals surface area contributed by atoms with Crippen LogP contribution in [0.4, 0.5) is 5.95 Å². The Morgan fingerprint density at radius 3 is 2.62 bits per heavy atom. The molecule has 0 unspecified atom stereocenters.